The van der Waals surface area contributed by atoms with E-state index in [1.165, 1.54) is 14.2 Å². The normalized spacial score (nSPS) is 43.0. The second-order valence-corrected chi connectivity index (χ2v) is 2.69. The van der Waals surface area contributed by atoms with Crippen molar-refractivity contribution in [2.75, 3.05) is 20.8 Å². The maximum atomic E-state index is 9.51. The summed E-state index contributed by atoms with van der Waals surface area (Å²) in [6, 6.07) is 0. The molecule has 0 aromatic rings. The highest BCUT2D eigenvalue weighted by Crippen LogP contribution is 2.17. The molecule has 1 fully saturated rings. The van der Waals surface area contributed by atoms with E-state index in [0.717, 1.165) is 0 Å². The van der Waals surface area contributed by atoms with Gasteiger partial charge in [-0.05, 0) is 0 Å². The lowest BCUT2D eigenvalue weighted by Crippen LogP contribution is -2.54. The van der Waals surface area contributed by atoms with E-state index in [9.17, 15) is 10.2 Å². The van der Waals surface area contributed by atoms with Crippen LogP contribution in [0.15, 0.2) is 0 Å². The van der Waals surface area contributed by atoms with E-state index in [1.807, 2.05) is 0 Å². The molecule has 4 unspecified atom stereocenters. The zero-order valence-electron chi connectivity index (χ0n) is 7.14. The number of hydrogen-bond donors (Lipinski definition) is 2. The first kappa shape index (κ1) is 9.88. The molecule has 1 saturated heterocycles. The van der Waals surface area contributed by atoms with E-state index in [0.29, 0.717) is 0 Å². The van der Waals surface area contributed by atoms with Gasteiger partial charge in [0, 0.05) is 14.2 Å². The average molecular weight is 178 g/mol. The van der Waals surface area contributed by atoms with Crippen molar-refractivity contribution in [2.45, 2.75) is 24.6 Å². The molecule has 1 heterocycles. The average Bonchev–Trinajstić information content (AvgIpc) is 2.06. The summed E-state index contributed by atoms with van der Waals surface area (Å²) < 4.78 is 14.7. The quantitative estimate of drug-likeness (QED) is 0.551. The van der Waals surface area contributed by atoms with Gasteiger partial charge in [-0.3, -0.25) is 0 Å². The van der Waals surface area contributed by atoms with E-state index in [1.54, 1.807) is 0 Å². The van der Waals surface area contributed by atoms with Crippen LogP contribution in [0.3, 0.4) is 0 Å². The fourth-order valence-corrected chi connectivity index (χ4v) is 1.23. The molecule has 2 N–H and O–H groups in total. The third kappa shape index (κ3) is 1.75. The Balaban J connectivity index is 2.56. The Morgan fingerprint density at radius 3 is 2.42 bits per heavy atom. The third-order valence-electron chi connectivity index (χ3n) is 2.00. The maximum Gasteiger partial charge on any atom is 0.183 e. The monoisotopic (exact) mass is 178 g/mol. The summed E-state index contributed by atoms with van der Waals surface area (Å²) in [5, 5.41) is 18.7. The summed E-state index contributed by atoms with van der Waals surface area (Å²) >= 11 is 0. The number of aliphatic hydroxyl groups is 2. The van der Waals surface area contributed by atoms with Crippen LogP contribution >= 0.6 is 0 Å². The van der Waals surface area contributed by atoms with Gasteiger partial charge in [0.1, 0.15) is 18.3 Å². The van der Waals surface area contributed by atoms with E-state index in [2.05, 4.69) is 0 Å². The molecule has 0 saturated carbocycles. The molecule has 1 aliphatic heterocycles. The van der Waals surface area contributed by atoms with Gasteiger partial charge < -0.3 is 24.4 Å². The van der Waals surface area contributed by atoms with Crippen LogP contribution in [0.2, 0.25) is 0 Å². The van der Waals surface area contributed by atoms with Crippen LogP contribution in [0.25, 0.3) is 0 Å². The van der Waals surface area contributed by atoms with Crippen LogP contribution in [-0.4, -0.2) is 55.6 Å². The Morgan fingerprint density at radius 2 is 1.92 bits per heavy atom. The number of ether oxygens (including phenoxy) is 3. The minimum absolute atomic E-state index is 0.179. The molecule has 0 aliphatic carbocycles. The van der Waals surface area contributed by atoms with Crippen LogP contribution in [0.5, 0.6) is 0 Å². The molecule has 0 radical (unpaired) electrons. The van der Waals surface area contributed by atoms with Crippen LogP contribution in [0, 0.1) is 0 Å². The van der Waals surface area contributed by atoms with Crippen molar-refractivity contribution in [1.82, 2.24) is 0 Å². The SMILES string of the molecule is COC1COC(O)C(OC)C1O. The molecule has 0 bridgehead atoms. The van der Waals surface area contributed by atoms with Gasteiger partial charge in [0.25, 0.3) is 0 Å². The molecule has 0 aromatic heterocycles. The molecule has 72 valence electrons. The lowest BCUT2D eigenvalue weighted by molar-refractivity contribution is -0.262. The highest BCUT2D eigenvalue weighted by molar-refractivity contribution is 4.83. The Kier molecular flexibility index (Phi) is 3.42. The molecule has 4 atom stereocenters. The largest absolute Gasteiger partial charge is 0.387 e. The minimum atomic E-state index is -1.07. The van der Waals surface area contributed by atoms with E-state index in [-0.39, 0.29) is 6.61 Å². The van der Waals surface area contributed by atoms with Crippen molar-refractivity contribution >= 4 is 0 Å². The first-order valence-corrected chi connectivity index (χ1v) is 3.74. The van der Waals surface area contributed by atoms with Gasteiger partial charge in [-0.15, -0.1) is 0 Å². The fourth-order valence-electron chi connectivity index (χ4n) is 1.23. The Labute approximate surface area is 70.9 Å². The zero-order valence-corrected chi connectivity index (χ0v) is 7.14. The maximum absolute atomic E-state index is 9.51. The zero-order chi connectivity index (χ0) is 9.14. The van der Waals surface area contributed by atoms with E-state index < -0.39 is 24.6 Å². The first-order chi connectivity index (χ1) is 5.70. The third-order valence-corrected chi connectivity index (χ3v) is 2.00. The summed E-state index contributed by atoms with van der Waals surface area (Å²) in [6.07, 6.45) is -3.08. The molecule has 12 heavy (non-hydrogen) atoms. The molecular weight excluding hydrogens is 164 g/mol. The Bertz CT molecular complexity index is 140. The molecule has 0 aromatic carbocycles. The number of rotatable bonds is 2. The summed E-state index contributed by atoms with van der Waals surface area (Å²) in [5.41, 5.74) is 0. The Hall–Kier alpha value is -0.200. The topological polar surface area (TPSA) is 68.2 Å². The molecule has 5 heteroatoms. The van der Waals surface area contributed by atoms with Gasteiger partial charge in [0.15, 0.2) is 6.29 Å². The molecule has 1 aliphatic rings. The summed E-state index contributed by atoms with van der Waals surface area (Å²) in [6.45, 7) is 0.179. The van der Waals surface area contributed by atoms with Crippen LogP contribution < -0.4 is 0 Å². The smallest absolute Gasteiger partial charge is 0.183 e. The minimum Gasteiger partial charge on any atom is -0.387 e. The van der Waals surface area contributed by atoms with Gasteiger partial charge in [-0.2, -0.15) is 0 Å². The summed E-state index contributed by atoms with van der Waals surface area (Å²) in [7, 11) is 2.88. The number of aliphatic hydroxyl groups excluding tert-OH is 2. The van der Waals surface area contributed by atoms with Crippen LogP contribution in [0.1, 0.15) is 0 Å². The van der Waals surface area contributed by atoms with Crippen molar-refractivity contribution in [2.24, 2.45) is 0 Å². The molecule has 5 nitrogen and oxygen atoms in total. The van der Waals surface area contributed by atoms with E-state index in [4.69, 9.17) is 14.2 Å². The van der Waals surface area contributed by atoms with Gasteiger partial charge in [-0.25, -0.2) is 0 Å². The lowest BCUT2D eigenvalue weighted by Gasteiger charge is -2.36. The van der Waals surface area contributed by atoms with Crippen molar-refractivity contribution in [3.05, 3.63) is 0 Å². The predicted molar refractivity (Wildman–Crippen MR) is 39.6 cm³/mol. The molecule has 0 amide bonds. The van der Waals surface area contributed by atoms with Gasteiger partial charge in [0.05, 0.1) is 6.61 Å². The van der Waals surface area contributed by atoms with Crippen molar-refractivity contribution in [1.29, 1.82) is 0 Å². The summed E-state index contributed by atoms with van der Waals surface area (Å²) in [4.78, 5) is 0. The summed E-state index contributed by atoms with van der Waals surface area (Å²) in [5.74, 6) is 0. The highest BCUT2D eigenvalue weighted by Gasteiger charge is 2.38. The molecule has 0 spiro atoms. The fraction of sp³-hybridized carbons (Fsp3) is 1.00. The van der Waals surface area contributed by atoms with Gasteiger partial charge >= 0.3 is 0 Å². The van der Waals surface area contributed by atoms with Crippen molar-refractivity contribution < 1.29 is 24.4 Å². The van der Waals surface area contributed by atoms with Crippen LogP contribution in [0.4, 0.5) is 0 Å². The Morgan fingerprint density at radius 1 is 1.25 bits per heavy atom. The van der Waals surface area contributed by atoms with Crippen molar-refractivity contribution in [3.8, 4) is 0 Å². The number of methoxy groups -OCH3 is 2. The second-order valence-electron chi connectivity index (χ2n) is 2.69. The number of hydrogen-bond acceptors (Lipinski definition) is 5. The first-order valence-electron chi connectivity index (χ1n) is 3.74. The van der Waals surface area contributed by atoms with Crippen molar-refractivity contribution in [3.63, 3.8) is 0 Å². The standard InChI is InChI=1S/C7H14O5/c1-10-4-3-12-7(9)6(11-2)5(4)8/h4-9H,3H2,1-2H3. The van der Waals surface area contributed by atoms with E-state index >= 15 is 0 Å². The highest BCUT2D eigenvalue weighted by atomic mass is 16.7. The van der Waals surface area contributed by atoms with Gasteiger partial charge in [0.2, 0.25) is 0 Å². The van der Waals surface area contributed by atoms with Gasteiger partial charge in [-0.1, -0.05) is 0 Å². The molecular formula is C7H14O5. The molecule has 1 rings (SSSR count). The second kappa shape index (κ2) is 4.15. The van der Waals surface area contributed by atoms with Crippen LogP contribution in [-0.2, 0) is 14.2 Å². The lowest BCUT2D eigenvalue weighted by atomic mass is 10.1. The predicted octanol–water partition coefficient (Wildman–Crippen LogP) is -1.27.